The van der Waals surface area contributed by atoms with Crippen molar-refractivity contribution in [1.29, 1.82) is 0 Å². The molecule has 2 heterocycles. The van der Waals surface area contributed by atoms with Crippen LogP contribution in [-0.2, 0) is 13.2 Å². The Labute approximate surface area is 225 Å². The van der Waals surface area contributed by atoms with Gasteiger partial charge in [0.05, 0.1) is 12.2 Å². The first kappa shape index (κ1) is 27.7. The van der Waals surface area contributed by atoms with Gasteiger partial charge in [0.25, 0.3) is 0 Å². The van der Waals surface area contributed by atoms with E-state index < -0.39 is 17.0 Å². The Morgan fingerprint density at radius 3 is 2.38 bits per heavy atom. The van der Waals surface area contributed by atoms with Crippen LogP contribution in [0.5, 0.6) is 11.6 Å². The molecule has 10 nitrogen and oxygen atoms in total. The predicted molar refractivity (Wildman–Crippen MR) is 145 cm³/mol. The number of aromatic nitrogens is 3. The second kappa shape index (κ2) is 11.6. The lowest BCUT2D eigenvalue weighted by Gasteiger charge is -2.19. The van der Waals surface area contributed by atoms with E-state index in [2.05, 4.69) is 36.3 Å². The minimum absolute atomic E-state index is 0.0168. The molecule has 0 atom stereocenters. The molecule has 0 amide bonds. The smallest absolute Gasteiger partial charge is 0.442 e. The van der Waals surface area contributed by atoms with Crippen LogP contribution >= 0.6 is 0 Å². The highest BCUT2D eigenvalue weighted by Gasteiger charge is 2.15. The maximum absolute atomic E-state index is 11.4. The third-order valence-electron chi connectivity index (χ3n) is 6.27. The zero-order valence-electron chi connectivity index (χ0n) is 22.7. The van der Waals surface area contributed by atoms with Gasteiger partial charge < -0.3 is 19.4 Å². The second-order valence-electron chi connectivity index (χ2n) is 10.1. The van der Waals surface area contributed by atoms with Crippen LogP contribution in [0.4, 0.5) is 0 Å². The summed E-state index contributed by atoms with van der Waals surface area (Å²) in [6.45, 7) is 10.5. The molecule has 0 bridgehead atoms. The van der Waals surface area contributed by atoms with Gasteiger partial charge in [0.1, 0.15) is 19.0 Å². The summed E-state index contributed by atoms with van der Waals surface area (Å²) in [6, 6.07) is 13.7. The third-order valence-corrected chi connectivity index (χ3v) is 6.27. The molecule has 4 aromatic rings. The van der Waals surface area contributed by atoms with Crippen molar-refractivity contribution in [3.8, 4) is 22.8 Å². The number of H-pyrrole nitrogens is 1. The van der Waals surface area contributed by atoms with Crippen LogP contribution < -0.4 is 25.8 Å². The van der Waals surface area contributed by atoms with Crippen molar-refractivity contribution in [1.82, 2.24) is 14.9 Å². The van der Waals surface area contributed by atoms with Crippen LogP contribution in [0.25, 0.3) is 11.1 Å². The minimum Gasteiger partial charge on any atom is -0.493 e. The monoisotopic (exact) mass is 535 g/mol. The van der Waals surface area contributed by atoms with Crippen LogP contribution in [-0.4, -0.2) is 32.2 Å². The van der Waals surface area contributed by atoms with Crippen molar-refractivity contribution in [2.75, 3.05) is 6.61 Å². The van der Waals surface area contributed by atoms with Gasteiger partial charge in [-0.05, 0) is 86.2 Å². The standard InChI is InChI=1S/C29H33N3O7/c1-18-13-23(36-12-11-29(4,5)35)14-19(2)26(18)24-8-6-7-22(20(24)3)17-37-25-10-9-21(15-30-25)16-38-32-27(33)31-28(34)39-32/h6-10,13-15,35H,11-12,16-17H2,1-5H3,(H,31,33,34). The number of aromatic amines is 1. The van der Waals surface area contributed by atoms with E-state index in [1.807, 2.05) is 29.2 Å². The Morgan fingerprint density at radius 2 is 1.77 bits per heavy atom. The molecule has 0 radical (unpaired) electrons. The minimum atomic E-state index is -0.893. The van der Waals surface area contributed by atoms with Crippen LogP contribution in [0.1, 0.15) is 48.1 Å². The van der Waals surface area contributed by atoms with Crippen molar-refractivity contribution in [3.63, 3.8) is 0 Å². The summed E-state index contributed by atoms with van der Waals surface area (Å²) in [5.74, 6) is 0.338. The van der Waals surface area contributed by atoms with E-state index in [1.54, 1.807) is 32.2 Å². The van der Waals surface area contributed by atoms with E-state index in [0.717, 1.165) is 39.1 Å². The van der Waals surface area contributed by atoms with Crippen molar-refractivity contribution in [2.24, 2.45) is 0 Å². The van der Waals surface area contributed by atoms with E-state index >= 15 is 0 Å². The summed E-state index contributed by atoms with van der Waals surface area (Å²) >= 11 is 0. The number of nitrogens with zero attached hydrogens (tertiary/aromatic N) is 2. The lowest BCUT2D eigenvalue weighted by Crippen LogP contribution is -2.23. The number of aliphatic hydroxyl groups is 1. The Morgan fingerprint density at radius 1 is 1.03 bits per heavy atom. The van der Waals surface area contributed by atoms with Gasteiger partial charge in [-0.2, -0.15) is 0 Å². The number of ether oxygens (including phenoxy) is 2. The van der Waals surface area contributed by atoms with Crippen molar-refractivity contribution >= 4 is 0 Å². The molecule has 2 aromatic heterocycles. The molecule has 0 aliphatic rings. The molecule has 4 rings (SSSR count). The molecule has 39 heavy (non-hydrogen) atoms. The highest BCUT2D eigenvalue weighted by molar-refractivity contribution is 5.75. The van der Waals surface area contributed by atoms with Gasteiger partial charge in [0.15, 0.2) is 0 Å². The third kappa shape index (κ3) is 7.17. The average molecular weight is 536 g/mol. The van der Waals surface area contributed by atoms with Crippen LogP contribution in [0, 0.1) is 20.8 Å². The quantitative estimate of drug-likeness (QED) is 0.296. The van der Waals surface area contributed by atoms with Crippen LogP contribution in [0.2, 0.25) is 0 Å². The molecule has 206 valence electrons. The normalized spacial score (nSPS) is 11.4. The lowest BCUT2D eigenvalue weighted by atomic mass is 9.90. The van der Waals surface area contributed by atoms with E-state index in [1.165, 1.54) is 0 Å². The number of nitrogens with one attached hydrogen (secondary N) is 1. The summed E-state index contributed by atoms with van der Waals surface area (Å²) in [5.41, 5.74) is 5.75. The predicted octanol–water partition coefficient (Wildman–Crippen LogP) is 3.86. The molecule has 0 fully saturated rings. The molecule has 2 N–H and O–H groups in total. The summed E-state index contributed by atoms with van der Waals surface area (Å²) in [5, 5.41) is 9.93. The SMILES string of the molecule is Cc1cc(OCCC(C)(C)O)cc(C)c1-c1cccc(COc2ccc(COn3oc(=O)[nH]c3=O)cn2)c1C. The lowest BCUT2D eigenvalue weighted by molar-refractivity contribution is -0.0443. The van der Waals surface area contributed by atoms with Gasteiger partial charge in [-0.3, -0.25) is 4.52 Å². The Hall–Kier alpha value is -4.31. The Balaban J connectivity index is 1.41. The summed E-state index contributed by atoms with van der Waals surface area (Å²) < 4.78 is 16.4. The maximum atomic E-state index is 11.4. The van der Waals surface area contributed by atoms with Crippen molar-refractivity contribution in [3.05, 3.63) is 97.5 Å². The molecular weight excluding hydrogens is 502 g/mol. The van der Waals surface area contributed by atoms with Gasteiger partial charge in [-0.15, -0.1) is 0 Å². The maximum Gasteiger partial charge on any atom is 0.442 e. The first-order chi connectivity index (χ1) is 18.5. The number of hydrogen-bond donors (Lipinski definition) is 2. The number of rotatable bonds is 11. The van der Waals surface area contributed by atoms with Crippen molar-refractivity contribution in [2.45, 2.75) is 59.9 Å². The Bertz CT molecular complexity index is 1520. The van der Waals surface area contributed by atoms with Gasteiger partial charge in [-0.25, -0.2) is 19.6 Å². The van der Waals surface area contributed by atoms with Crippen LogP contribution in [0.3, 0.4) is 0 Å². The zero-order valence-corrected chi connectivity index (χ0v) is 22.7. The van der Waals surface area contributed by atoms with Gasteiger partial charge >= 0.3 is 11.4 Å². The van der Waals surface area contributed by atoms with Gasteiger partial charge in [-0.1, -0.05) is 18.2 Å². The summed E-state index contributed by atoms with van der Waals surface area (Å²) in [4.78, 5) is 34.3. The fourth-order valence-corrected chi connectivity index (χ4v) is 4.19. The zero-order chi connectivity index (χ0) is 28.2. The summed E-state index contributed by atoms with van der Waals surface area (Å²) in [6.07, 6.45) is 2.11. The number of aryl methyl sites for hydroxylation is 2. The van der Waals surface area contributed by atoms with Gasteiger partial charge in [0, 0.05) is 29.2 Å². The molecule has 0 saturated carbocycles. The first-order valence-corrected chi connectivity index (χ1v) is 12.6. The molecule has 0 saturated heterocycles. The second-order valence-corrected chi connectivity index (χ2v) is 10.1. The Kier molecular flexibility index (Phi) is 8.25. The van der Waals surface area contributed by atoms with E-state index in [4.69, 9.17) is 14.3 Å². The topological polar surface area (TPSA) is 129 Å². The fraction of sp³-hybridized carbons (Fsp3) is 0.345. The first-order valence-electron chi connectivity index (χ1n) is 12.6. The molecule has 2 aromatic carbocycles. The van der Waals surface area contributed by atoms with Gasteiger partial charge in [0.2, 0.25) is 5.88 Å². The number of pyridine rings is 1. The van der Waals surface area contributed by atoms with E-state index in [0.29, 0.717) is 36.0 Å². The molecular formula is C29H33N3O7. The largest absolute Gasteiger partial charge is 0.493 e. The highest BCUT2D eigenvalue weighted by Crippen LogP contribution is 2.34. The molecule has 0 aliphatic heterocycles. The average Bonchev–Trinajstić information content (AvgIpc) is 3.19. The summed E-state index contributed by atoms with van der Waals surface area (Å²) in [7, 11) is 0. The number of hydrogen-bond acceptors (Lipinski definition) is 8. The molecule has 0 unspecified atom stereocenters. The molecule has 0 spiro atoms. The van der Waals surface area contributed by atoms with Crippen molar-refractivity contribution < 1.29 is 23.9 Å². The molecule has 0 aliphatic carbocycles. The fourth-order valence-electron chi connectivity index (χ4n) is 4.19. The molecule has 10 heteroatoms. The van der Waals surface area contributed by atoms with E-state index in [9.17, 15) is 14.7 Å². The van der Waals surface area contributed by atoms with E-state index in [-0.39, 0.29) is 6.61 Å². The highest BCUT2D eigenvalue weighted by atomic mass is 16.8. The number of benzene rings is 2. The van der Waals surface area contributed by atoms with Crippen LogP contribution in [0.15, 0.2) is 62.8 Å².